The summed E-state index contributed by atoms with van der Waals surface area (Å²) in [6.45, 7) is 3.60. The van der Waals surface area contributed by atoms with Crippen LogP contribution in [0.4, 0.5) is 4.39 Å². The molecule has 0 radical (unpaired) electrons. The maximum atomic E-state index is 14.0. The normalized spacial score (nSPS) is 12.3. The van der Waals surface area contributed by atoms with E-state index in [9.17, 15) is 23.9 Å². The van der Waals surface area contributed by atoms with Gasteiger partial charge in [-0.25, -0.2) is 4.39 Å². The van der Waals surface area contributed by atoms with Crippen molar-refractivity contribution in [2.24, 2.45) is 5.92 Å². The van der Waals surface area contributed by atoms with Gasteiger partial charge in [-0.15, -0.1) is 0 Å². The second-order valence-electron chi connectivity index (χ2n) is 6.87. The van der Waals surface area contributed by atoms with Crippen LogP contribution < -0.4 is 15.7 Å². The number of hydrogen-bond donors (Lipinski definition) is 2. The molecule has 2 rings (SSSR count). The Kier molecular flexibility index (Phi) is 7.65. The van der Waals surface area contributed by atoms with Crippen LogP contribution in [-0.2, 0) is 9.59 Å². The molecule has 0 unspecified atom stereocenters. The Labute approximate surface area is 168 Å². The first-order valence-electron chi connectivity index (χ1n) is 9.12. The first-order valence-corrected chi connectivity index (χ1v) is 9.12. The van der Waals surface area contributed by atoms with E-state index >= 15 is 0 Å². The van der Waals surface area contributed by atoms with Gasteiger partial charge in [0.2, 0.25) is 0 Å². The molecule has 0 spiro atoms. The summed E-state index contributed by atoms with van der Waals surface area (Å²) in [5.74, 6) is -3.49. The number of benzene rings is 2. The summed E-state index contributed by atoms with van der Waals surface area (Å²) < 4.78 is 14.0. The van der Waals surface area contributed by atoms with E-state index in [0.29, 0.717) is 5.56 Å². The van der Waals surface area contributed by atoms with Gasteiger partial charge < -0.3 is 20.5 Å². The largest absolute Gasteiger partial charge is 0.548 e. The minimum absolute atomic E-state index is 0.0175. The number of carboxylic acids is 1. The summed E-state index contributed by atoms with van der Waals surface area (Å²) in [5, 5.41) is 16.1. The van der Waals surface area contributed by atoms with Gasteiger partial charge in [-0.05, 0) is 36.6 Å². The molecule has 0 saturated heterocycles. The Morgan fingerprint density at radius 3 is 2.24 bits per heavy atom. The van der Waals surface area contributed by atoms with E-state index in [0.717, 1.165) is 6.08 Å². The van der Waals surface area contributed by atoms with Crippen molar-refractivity contribution in [2.45, 2.75) is 26.3 Å². The average Bonchev–Trinajstić information content (AvgIpc) is 2.68. The van der Waals surface area contributed by atoms with Gasteiger partial charge in [0.1, 0.15) is 11.5 Å². The minimum Gasteiger partial charge on any atom is -0.548 e. The van der Waals surface area contributed by atoms with Crippen molar-refractivity contribution in [3.05, 3.63) is 77.2 Å². The highest BCUT2D eigenvalue weighted by Crippen LogP contribution is 2.12. The van der Waals surface area contributed by atoms with Crippen LogP contribution in [0.25, 0.3) is 6.08 Å². The van der Waals surface area contributed by atoms with Crippen LogP contribution in [0.5, 0.6) is 0 Å². The highest BCUT2D eigenvalue weighted by atomic mass is 19.1. The SMILES string of the molecule is CC(C)C[C@@H](NC(=O)/C(=C\c1ccccc1F)NC(=O)c1ccccc1)C(=O)[O-]. The lowest BCUT2D eigenvalue weighted by atomic mass is 10.0. The number of rotatable bonds is 8. The zero-order chi connectivity index (χ0) is 21.4. The molecule has 7 heteroatoms. The van der Waals surface area contributed by atoms with Gasteiger partial charge in [0.15, 0.2) is 0 Å². The monoisotopic (exact) mass is 397 g/mol. The average molecular weight is 397 g/mol. The minimum atomic E-state index is -1.44. The highest BCUT2D eigenvalue weighted by molar-refractivity contribution is 6.06. The molecule has 2 aromatic carbocycles. The van der Waals surface area contributed by atoms with Crippen molar-refractivity contribution in [3.63, 3.8) is 0 Å². The zero-order valence-electron chi connectivity index (χ0n) is 16.1. The van der Waals surface area contributed by atoms with Gasteiger partial charge >= 0.3 is 0 Å². The van der Waals surface area contributed by atoms with E-state index in [1.165, 1.54) is 18.2 Å². The highest BCUT2D eigenvalue weighted by Gasteiger charge is 2.20. The lowest BCUT2D eigenvalue weighted by molar-refractivity contribution is -0.308. The quantitative estimate of drug-likeness (QED) is 0.665. The number of carbonyl (C=O) groups is 3. The molecule has 2 aromatic rings. The Hall–Kier alpha value is -3.48. The van der Waals surface area contributed by atoms with Gasteiger partial charge in [-0.2, -0.15) is 0 Å². The molecule has 6 nitrogen and oxygen atoms in total. The molecular formula is C22H22FN2O4-. The molecule has 0 heterocycles. The predicted octanol–water partition coefficient (Wildman–Crippen LogP) is 1.88. The number of halogens is 1. The van der Waals surface area contributed by atoms with Crippen molar-refractivity contribution in [3.8, 4) is 0 Å². The fourth-order valence-corrected chi connectivity index (χ4v) is 2.61. The van der Waals surface area contributed by atoms with E-state index in [1.807, 2.05) is 0 Å². The number of amides is 2. The third-order valence-electron chi connectivity index (χ3n) is 4.03. The lowest BCUT2D eigenvalue weighted by Crippen LogP contribution is -2.50. The van der Waals surface area contributed by atoms with Crippen molar-refractivity contribution in [1.82, 2.24) is 10.6 Å². The van der Waals surface area contributed by atoms with E-state index in [-0.39, 0.29) is 23.6 Å². The fourth-order valence-electron chi connectivity index (χ4n) is 2.61. The maximum absolute atomic E-state index is 14.0. The second-order valence-corrected chi connectivity index (χ2v) is 6.87. The second kappa shape index (κ2) is 10.2. The van der Waals surface area contributed by atoms with Crippen LogP contribution in [0.3, 0.4) is 0 Å². The first-order chi connectivity index (χ1) is 13.8. The van der Waals surface area contributed by atoms with Crippen LogP contribution in [0.15, 0.2) is 60.3 Å². The molecule has 1 atom stereocenters. The Bertz CT molecular complexity index is 910. The van der Waals surface area contributed by atoms with Gasteiger partial charge in [-0.3, -0.25) is 9.59 Å². The zero-order valence-corrected chi connectivity index (χ0v) is 16.1. The molecule has 29 heavy (non-hydrogen) atoms. The molecule has 0 bridgehead atoms. The van der Waals surface area contributed by atoms with Crippen LogP contribution in [-0.4, -0.2) is 23.8 Å². The molecular weight excluding hydrogens is 375 g/mol. The van der Waals surface area contributed by atoms with E-state index in [1.54, 1.807) is 50.2 Å². The number of carboxylic acid groups (broad SMARTS) is 1. The molecule has 0 aliphatic heterocycles. The summed E-state index contributed by atoms with van der Waals surface area (Å²) in [7, 11) is 0. The fraction of sp³-hybridized carbons (Fsp3) is 0.227. The van der Waals surface area contributed by atoms with E-state index in [2.05, 4.69) is 10.6 Å². The number of nitrogens with one attached hydrogen (secondary N) is 2. The van der Waals surface area contributed by atoms with Crippen molar-refractivity contribution < 1.29 is 23.9 Å². The summed E-state index contributed by atoms with van der Waals surface area (Å²) in [5.41, 5.74) is 0.0807. The Morgan fingerprint density at radius 2 is 1.66 bits per heavy atom. The standard InChI is InChI=1S/C22H23FN2O4/c1-14(2)12-19(22(28)29)25-21(27)18(13-16-10-6-7-11-17(16)23)24-20(26)15-8-4-3-5-9-15/h3-11,13-14,19H,12H2,1-2H3,(H,24,26)(H,25,27)(H,28,29)/p-1/b18-13+/t19-/m1/s1. The Balaban J connectivity index is 2.33. The van der Waals surface area contributed by atoms with Gasteiger partial charge in [0.05, 0.1) is 12.0 Å². The first kappa shape index (κ1) is 21.8. The third kappa shape index (κ3) is 6.57. The molecule has 0 aliphatic carbocycles. The predicted molar refractivity (Wildman–Crippen MR) is 105 cm³/mol. The summed E-state index contributed by atoms with van der Waals surface area (Å²) >= 11 is 0. The Morgan fingerprint density at radius 1 is 1.03 bits per heavy atom. The van der Waals surface area contributed by atoms with Gasteiger partial charge in [-0.1, -0.05) is 50.2 Å². The molecule has 152 valence electrons. The van der Waals surface area contributed by atoms with Crippen LogP contribution >= 0.6 is 0 Å². The molecule has 2 N–H and O–H groups in total. The maximum Gasteiger partial charge on any atom is 0.268 e. The van der Waals surface area contributed by atoms with Crippen LogP contribution in [0.2, 0.25) is 0 Å². The van der Waals surface area contributed by atoms with Gasteiger partial charge in [0.25, 0.3) is 11.8 Å². The van der Waals surface area contributed by atoms with Crippen LogP contribution in [0, 0.1) is 11.7 Å². The van der Waals surface area contributed by atoms with E-state index in [4.69, 9.17) is 0 Å². The number of hydrogen-bond acceptors (Lipinski definition) is 4. The summed E-state index contributed by atoms with van der Waals surface area (Å²) in [4.78, 5) is 36.5. The molecule has 0 aliphatic rings. The van der Waals surface area contributed by atoms with Crippen LogP contribution in [0.1, 0.15) is 36.2 Å². The molecule has 0 aromatic heterocycles. The lowest BCUT2D eigenvalue weighted by Gasteiger charge is -2.22. The number of carbonyl (C=O) groups excluding carboxylic acids is 3. The summed E-state index contributed by atoms with van der Waals surface area (Å²) in [6, 6.07) is 12.6. The van der Waals surface area contributed by atoms with Gasteiger partial charge in [0, 0.05) is 11.1 Å². The van der Waals surface area contributed by atoms with Crippen molar-refractivity contribution >= 4 is 23.9 Å². The smallest absolute Gasteiger partial charge is 0.268 e. The topological polar surface area (TPSA) is 98.3 Å². The molecule has 0 fully saturated rings. The van der Waals surface area contributed by atoms with E-state index < -0.39 is 29.6 Å². The molecule has 0 saturated carbocycles. The number of aliphatic carboxylic acids is 1. The molecule has 2 amide bonds. The van der Waals surface area contributed by atoms with Crippen molar-refractivity contribution in [2.75, 3.05) is 0 Å². The van der Waals surface area contributed by atoms with Crippen molar-refractivity contribution in [1.29, 1.82) is 0 Å². The third-order valence-corrected chi connectivity index (χ3v) is 4.03. The summed E-state index contributed by atoms with van der Waals surface area (Å²) in [6.07, 6.45) is 1.31.